The smallest absolute Gasteiger partial charge is 0.410 e. The fourth-order valence-corrected chi connectivity index (χ4v) is 3.34. The summed E-state index contributed by atoms with van der Waals surface area (Å²) in [5.74, 6) is 0. The van der Waals surface area contributed by atoms with E-state index in [4.69, 9.17) is 4.74 Å². The summed E-state index contributed by atoms with van der Waals surface area (Å²) in [6.45, 7) is 8.59. The lowest BCUT2D eigenvalue weighted by Crippen LogP contribution is -2.51. The average molecular weight is 309 g/mol. The maximum Gasteiger partial charge on any atom is 0.410 e. The first-order chi connectivity index (χ1) is 10.3. The zero-order valence-electron chi connectivity index (χ0n) is 13.9. The zero-order valence-corrected chi connectivity index (χ0v) is 13.9. The van der Waals surface area contributed by atoms with Gasteiger partial charge < -0.3 is 19.4 Å². The van der Waals surface area contributed by atoms with Crippen LogP contribution in [0.1, 0.15) is 46.5 Å². The lowest BCUT2D eigenvalue weighted by molar-refractivity contribution is 0.0141. The minimum atomic E-state index is -0.476. The summed E-state index contributed by atoms with van der Waals surface area (Å²) in [4.78, 5) is 30.5. The summed E-state index contributed by atoms with van der Waals surface area (Å²) in [5.41, 5.74) is -0.476. The van der Waals surface area contributed by atoms with Crippen LogP contribution in [0.2, 0.25) is 0 Å². The van der Waals surface area contributed by atoms with Gasteiger partial charge in [0.2, 0.25) is 0 Å². The van der Waals surface area contributed by atoms with Crippen LogP contribution in [0.5, 0.6) is 0 Å². The molecule has 2 aliphatic heterocycles. The number of rotatable bonds is 2. The molecule has 3 fully saturated rings. The highest BCUT2D eigenvalue weighted by atomic mass is 16.6. The van der Waals surface area contributed by atoms with Crippen LogP contribution in [0.25, 0.3) is 0 Å². The fourth-order valence-electron chi connectivity index (χ4n) is 3.34. The van der Waals surface area contributed by atoms with Crippen molar-refractivity contribution in [2.24, 2.45) is 0 Å². The Hall–Kier alpha value is -1.46. The summed E-state index contributed by atoms with van der Waals surface area (Å²) >= 11 is 0. The Morgan fingerprint density at radius 2 is 1.68 bits per heavy atom. The number of urea groups is 1. The van der Waals surface area contributed by atoms with Gasteiger partial charge in [0.1, 0.15) is 5.60 Å². The maximum absolute atomic E-state index is 12.5. The first kappa shape index (κ1) is 15.4. The van der Waals surface area contributed by atoms with Gasteiger partial charge >= 0.3 is 12.1 Å². The van der Waals surface area contributed by atoms with Crippen molar-refractivity contribution in [2.75, 3.05) is 26.2 Å². The lowest BCUT2D eigenvalue weighted by Gasteiger charge is -2.37. The molecule has 0 spiro atoms. The van der Waals surface area contributed by atoms with E-state index in [9.17, 15) is 9.59 Å². The average Bonchev–Trinajstić information content (AvgIpc) is 3.20. The van der Waals surface area contributed by atoms with Gasteiger partial charge in [-0.05, 0) is 46.5 Å². The summed E-state index contributed by atoms with van der Waals surface area (Å²) in [5, 5.41) is 0. The van der Waals surface area contributed by atoms with Crippen LogP contribution in [0.3, 0.4) is 0 Å². The van der Waals surface area contributed by atoms with Crippen molar-refractivity contribution in [1.82, 2.24) is 14.7 Å². The molecule has 0 aromatic carbocycles. The standard InChI is InChI=1S/C16H27N3O3/c1-16(2,3)22-15(21)17-8-4-5-13(11-17)19-10-9-18(14(19)20)12-6-7-12/h12-13H,4-11H2,1-3H3. The van der Waals surface area contributed by atoms with Gasteiger partial charge in [-0.3, -0.25) is 0 Å². The fraction of sp³-hybridized carbons (Fsp3) is 0.875. The number of nitrogens with zero attached hydrogens (tertiary/aromatic N) is 3. The Morgan fingerprint density at radius 3 is 2.27 bits per heavy atom. The molecule has 0 aromatic rings. The molecule has 22 heavy (non-hydrogen) atoms. The van der Waals surface area contributed by atoms with Gasteiger partial charge in [-0.2, -0.15) is 0 Å². The van der Waals surface area contributed by atoms with Gasteiger partial charge in [-0.25, -0.2) is 9.59 Å². The van der Waals surface area contributed by atoms with E-state index in [0.717, 1.165) is 45.3 Å². The van der Waals surface area contributed by atoms with Gasteiger partial charge in [-0.15, -0.1) is 0 Å². The molecule has 1 unspecified atom stereocenters. The van der Waals surface area contributed by atoms with Crippen LogP contribution >= 0.6 is 0 Å². The number of carbonyl (C=O) groups excluding carboxylic acids is 2. The molecule has 6 heteroatoms. The Balaban J connectivity index is 1.58. The number of ether oxygens (including phenoxy) is 1. The van der Waals surface area contributed by atoms with Crippen molar-refractivity contribution in [1.29, 1.82) is 0 Å². The Labute approximate surface area is 132 Å². The van der Waals surface area contributed by atoms with Gasteiger partial charge in [-0.1, -0.05) is 0 Å². The van der Waals surface area contributed by atoms with Gasteiger partial charge in [0, 0.05) is 32.2 Å². The molecule has 1 atom stereocenters. The van der Waals surface area contributed by atoms with Crippen LogP contribution in [0, 0.1) is 0 Å². The monoisotopic (exact) mass is 309 g/mol. The topological polar surface area (TPSA) is 53.1 Å². The third-order valence-electron chi connectivity index (χ3n) is 4.55. The number of piperidine rings is 1. The highest BCUT2D eigenvalue weighted by Gasteiger charge is 2.42. The van der Waals surface area contributed by atoms with Crippen molar-refractivity contribution in [3.8, 4) is 0 Å². The molecule has 0 radical (unpaired) electrons. The van der Waals surface area contributed by atoms with Crippen LogP contribution in [-0.4, -0.2) is 70.7 Å². The van der Waals surface area contributed by atoms with Crippen molar-refractivity contribution in [2.45, 2.75) is 64.1 Å². The van der Waals surface area contributed by atoms with Crippen molar-refractivity contribution in [3.05, 3.63) is 0 Å². The van der Waals surface area contributed by atoms with E-state index in [1.54, 1.807) is 4.90 Å². The third kappa shape index (κ3) is 3.31. The Kier molecular flexibility index (Phi) is 3.95. The highest BCUT2D eigenvalue weighted by molar-refractivity contribution is 5.78. The Bertz CT molecular complexity index is 456. The zero-order chi connectivity index (χ0) is 15.9. The summed E-state index contributed by atoms with van der Waals surface area (Å²) < 4.78 is 5.46. The van der Waals surface area contributed by atoms with Crippen molar-refractivity contribution < 1.29 is 14.3 Å². The maximum atomic E-state index is 12.5. The molecule has 2 heterocycles. The predicted molar refractivity (Wildman–Crippen MR) is 82.7 cm³/mol. The molecule has 0 bridgehead atoms. The molecule has 3 amide bonds. The normalized spacial score (nSPS) is 26.6. The van der Waals surface area contributed by atoms with Crippen LogP contribution in [-0.2, 0) is 4.74 Å². The minimum absolute atomic E-state index is 0.137. The molecule has 2 saturated heterocycles. The van der Waals surface area contributed by atoms with E-state index in [2.05, 4.69) is 0 Å². The number of carbonyl (C=O) groups is 2. The van der Waals surface area contributed by atoms with E-state index in [1.807, 2.05) is 30.6 Å². The van der Waals surface area contributed by atoms with E-state index < -0.39 is 5.60 Å². The number of hydrogen-bond donors (Lipinski definition) is 0. The van der Waals surface area contributed by atoms with Crippen molar-refractivity contribution in [3.63, 3.8) is 0 Å². The number of likely N-dealkylation sites (tertiary alicyclic amines) is 1. The molecular formula is C16H27N3O3. The molecule has 3 rings (SSSR count). The second kappa shape index (κ2) is 5.63. The lowest BCUT2D eigenvalue weighted by atomic mass is 10.0. The molecule has 1 aliphatic carbocycles. The Morgan fingerprint density at radius 1 is 1.05 bits per heavy atom. The summed E-state index contributed by atoms with van der Waals surface area (Å²) in [6, 6.07) is 0.777. The molecule has 6 nitrogen and oxygen atoms in total. The molecule has 124 valence electrons. The molecule has 3 aliphatic rings. The molecular weight excluding hydrogens is 282 g/mol. The molecule has 1 saturated carbocycles. The number of hydrogen-bond acceptors (Lipinski definition) is 3. The second-order valence-electron chi connectivity index (χ2n) is 7.62. The molecule has 0 N–H and O–H groups in total. The highest BCUT2D eigenvalue weighted by Crippen LogP contribution is 2.31. The van der Waals surface area contributed by atoms with Crippen LogP contribution < -0.4 is 0 Å². The largest absolute Gasteiger partial charge is 0.444 e. The SMILES string of the molecule is CC(C)(C)OC(=O)N1CCCC(N2CCN(C3CC3)C2=O)C1. The second-order valence-corrected chi connectivity index (χ2v) is 7.62. The van der Waals surface area contributed by atoms with E-state index >= 15 is 0 Å². The van der Waals surface area contributed by atoms with Crippen LogP contribution in [0.15, 0.2) is 0 Å². The summed E-state index contributed by atoms with van der Waals surface area (Å²) in [7, 11) is 0. The quantitative estimate of drug-likeness (QED) is 0.786. The predicted octanol–water partition coefficient (Wildman–Crippen LogP) is 2.29. The van der Waals surface area contributed by atoms with Gasteiger partial charge in [0.05, 0.1) is 6.04 Å². The van der Waals surface area contributed by atoms with Crippen LogP contribution in [0.4, 0.5) is 9.59 Å². The van der Waals surface area contributed by atoms with Crippen molar-refractivity contribution >= 4 is 12.1 Å². The summed E-state index contributed by atoms with van der Waals surface area (Å²) in [6.07, 6.45) is 3.94. The van der Waals surface area contributed by atoms with Gasteiger partial charge in [0.15, 0.2) is 0 Å². The van der Waals surface area contributed by atoms with E-state index in [0.29, 0.717) is 12.6 Å². The first-order valence-corrected chi connectivity index (χ1v) is 8.40. The molecule has 0 aromatic heterocycles. The third-order valence-corrected chi connectivity index (χ3v) is 4.55. The van der Waals surface area contributed by atoms with E-state index in [1.165, 1.54) is 0 Å². The first-order valence-electron chi connectivity index (χ1n) is 8.40. The van der Waals surface area contributed by atoms with Gasteiger partial charge in [0.25, 0.3) is 0 Å². The van der Waals surface area contributed by atoms with E-state index in [-0.39, 0.29) is 18.2 Å². The minimum Gasteiger partial charge on any atom is -0.444 e. The number of amides is 3.